The van der Waals surface area contributed by atoms with E-state index in [2.05, 4.69) is 35.6 Å². The van der Waals surface area contributed by atoms with Crippen LogP contribution < -0.4 is 5.32 Å². The number of nitrogens with one attached hydrogen (secondary N) is 1. The molecule has 0 amide bonds. The molecule has 2 heterocycles. The standard InChI is InChI=1S/C14H22N2/c1-3-14(9-5-4-6-10-16-14)13-8-7-12(2)15-11-13/h7-8,11,16H,3-6,9-10H2,1-2H3. The van der Waals surface area contributed by atoms with Crippen LogP contribution >= 0.6 is 0 Å². The molecular formula is C14H22N2. The van der Waals surface area contributed by atoms with E-state index in [4.69, 9.17) is 0 Å². The highest BCUT2D eigenvalue weighted by molar-refractivity contribution is 5.23. The highest BCUT2D eigenvalue weighted by atomic mass is 15.0. The molecule has 1 aliphatic heterocycles. The van der Waals surface area contributed by atoms with Crippen molar-refractivity contribution in [3.63, 3.8) is 0 Å². The number of aryl methyl sites for hydroxylation is 1. The van der Waals surface area contributed by atoms with Crippen LogP contribution in [0.5, 0.6) is 0 Å². The number of hydrogen-bond donors (Lipinski definition) is 1. The van der Waals surface area contributed by atoms with Crippen LogP contribution in [0.4, 0.5) is 0 Å². The van der Waals surface area contributed by atoms with Crippen molar-refractivity contribution in [2.24, 2.45) is 0 Å². The van der Waals surface area contributed by atoms with Gasteiger partial charge in [0.2, 0.25) is 0 Å². The third kappa shape index (κ3) is 2.27. The van der Waals surface area contributed by atoms with E-state index in [1.807, 2.05) is 6.92 Å². The minimum atomic E-state index is 0.178. The lowest BCUT2D eigenvalue weighted by Crippen LogP contribution is -2.41. The molecule has 2 rings (SSSR count). The zero-order valence-electron chi connectivity index (χ0n) is 10.4. The third-order valence-corrected chi connectivity index (χ3v) is 3.81. The molecule has 2 heteroatoms. The molecule has 1 N–H and O–H groups in total. The van der Waals surface area contributed by atoms with Crippen molar-refractivity contribution in [3.8, 4) is 0 Å². The monoisotopic (exact) mass is 218 g/mol. The number of rotatable bonds is 2. The van der Waals surface area contributed by atoms with Gasteiger partial charge in [0.1, 0.15) is 0 Å². The van der Waals surface area contributed by atoms with Crippen LogP contribution in [-0.4, -0.2) is 11.5 Å². The van der Waals surface area contributed by atoms with Crippen LogP contribution in [0.1, 0.15) is 50.3 Å². The summed E-state index contributed by atoms with van der Waals surface area (Å²) in [6, 6.07) is 4.36. The average molecular weight is 218 g/mol. The van der Waals surface area contributed by atoms with E-state index in [9.17, 15) is 0 Å². The first-order valence-electron chi connectivity index (χ1n) is 6.45. The van der Waals surface area contributed by atoms with Gasteiger partial charge in [-0.15, -0.1) is 0 Å². The predicted molar refractivity (Wildman–Crippen MR) is 67.4 cm³/mol. The van der Waals surface area contributed by atoms with Gasteiger partial charge in [0, 0.05) is 17.4 Å². The van der Waals surface area contributed by atoms with Crippen molar-refractivity contribution in [2.45, 2.75) is 51.5 Å². The van der Waals surface area contributed by atoms with E-state index in [0.29, 0.717) is 0 Å². The Hall–Kier alpha value is -0.890. The molecule has 1 aromatic heterocycles. The molecule has 1 fully saturated rings. The maximum atomic E-state index is 4.44. The van der Waals surface area contributed by atoms with Gasteiger partial charge < -0.3 is 5.32 Å². The quantitative estimate of drug-likeness (QED) is 0.824. The molecular weight excluding hydrogens is 196 g/mol. The van der Waals surface area contributed by atoms with Gasteiger partial charge in [0.05, 0.1) is 0 Å². The topological polar surface area (TPSA) is 24.9 Å². The largest absolute Gasteiger partial charge is 0.307 e. The third-order valence-electron chi connectivity index (χ3n) is 3.81. The zero-order chi connectivity index (χ0) is 11.4. The van der Waals surface area contributed by atoms with Crippen molar-refractivity contribution in [1.29, 1.82) is 0 Å². The van der Waals surface area contributed by atoms with Gasteiger partial charge in [0.25, 0.3) is 0 Å². The molecule has 16 heavy (non-hydrogen) atoms. The Kier molecular flexibility index (Phi) is 3.59. The van der Waals surface area contributed by atoms with Gasteiger partial charge in [-0.2, -0.15) is 0 Å². The fraction of sp³-hybridized carbons (Fsp3) is 0.643. The molecule has 1 aromatic rings. The summed E-state index contributed by atoms with van der Waals surface area (Å²) in [6.45, 7) is 5.46. The normalized spacial score (nSPS) is 26.4. The molecule has 1 aliphatic rings. The smallest absolute Gasteiger partial charge is 0.0447 e. The van der Waals surface area contributed by atoms with Crippen molar-refractivity contribution >= 4 is 0 Å². The second-order valence-electron chi connectivity index (χ2n) is 4.86. The SMILES string of the molecule is CCC1(c2ccc(C)nc2)CCCCCN1. The fourth-order valence-electron chi connectivity index (χ4n) is 2.65. The Labute approximate surface area is 98.5 Å². The van der Waals surface area contributed by atoms with Crippen molar-refractivity contribution in [3.05, 3.63) is 29.6 Å². The second-order valence-corrected chi connectivity index (χ2v) is 4.86. The molecule has 0 bridgehead atoms. The maximum Gasteiger partial charge on any atom is 0.0447 e. The summed E-state index contributed by atoms with van der Waals surface area (Å²) in [5.41, 5.74) is 2.64. The van der Waals surface area contributed by atoms with Crippen molar-refractivity contribution in [2.75, 3.05) is 6.54 Å². The first kappa shape index (κ1) is 11.6. The van der Waals surface area contributed by atoms with E-state index in [1.165, 1.54) is 31.2 Å². The molecule has 0 spiro atoms. The number of hydrogen-bond acceptors (Lipinski definition) is 2. The van der Waals surface area contributed by atoms with E-state index >= 15 is 0 Å². The molecule has 0 aromatic carbocycles. The lowest BCUT2D eigenvalue weighted by Gasteiger charge is -2.33. The Bertz CT molecular complexity index is 321. The summed E-state index contributed by atoms with van der Waals surface area (Å²) in [7, 11) is 0. The van der Waals surface area contributed by atoms with Gasteiger partial charge in [-0.05, 0) is 44.4 Å². The van der Waals surface area contributed by atoms with Gasteiger partial charge in [-0.25, -0.2) is 0 Å². The first-order chi connectivity index (χ1) is 7.77. The van der Waals surface area contributed by atoms with Gasteiger partial charge >= 0.3 is 0 Å². The minimum absolute atomic E-state index is 0.178. The Morgan fingerprint density at radius 2 is 2.19 bits per heavy atom. The highest BCUT2D eigenvalue weighted by Gasteiger charge is 2.30. The summed E-state index contributed by atoms with van der Waals surface area (Å²) >= 11 is 0. The summed E-state index contributed by atoms with van der Waals surface area (Å²) in [4.78, 5) is 4.44. The average Bonchev–Trinajstić information content (AvgIpc) is 2.56. The zero-order valence-corrected chi connectivity index (χ0v) is 10.4. The second kappa shape index (κ2) is 4.96. The van der Waals surface area contributed by atoms with E-state index in [1.54, 1.807) is 0 Å². The van der Waals surface area contributed by atoms with Gasteiger partial charge in [-0.1, -0.05) is 25.8 Å². The Balaban J connectivity index is 2.28. The number of pyridine rings is 1. The first-order valence-corrected chi connectivity index (χ1v) is 6.45. The van der Waals surface area contributed by atoms with Crippen LogP contribution in [-0.2, 0) is 5.54 Å². The van der Waals surface area contributed by atoms with Gasteiger partial charge in [0.15, 0.2) is 0 Å². The number of nitrogens with zero attached hydrogens (tertiary/aromatic N) is 1. The van der Waals surface area contributed by atoms with Crippen LogP contribution in [0.3, 0.4) is 0 Å². The molecule has 1 atom stereocenters. The molecule has 0 radical (unpaired) electrons. The molecule has 0 saturated carbocycles. The molecule has 88 valence electrons. The lowest BCUT2D eigenvalue weighted by atomic mass is 9.84. The number of aromatic nitrogens is 1. The van der Waals surface area contributed by atoms with Crippen molar-refractivity contribution in [1.82, 2.24) is 10.3 Å². The van der Waals surface area contributed by atoms with Crippen LogP contribution in [0, 0.1) is 6.92 Å². The Morgan fingerprint density at radius 1 is 1.31 bits per heavy atom. The van der Waals surface area contributed by atoms with E-state index in [-0.39, 0.29) is 5.54 Å². The summed E-state index contributed by atoms with van der Waals surface area (Å²) < 4.78 is 0. The molecule has 0 aliphatic carbocycles. The minimum Gasteiger partial charge on any atom is -0.307 e. The lowest BCUT2D eigenvalue weighted by molar-refractivity contribution is 0.311. The van der Waals surface area contributed by atoms with Crippen molar-refractivity contribution < 1.29 is 0 Å². The summed E-state index contributed by atoms with van der Waals surface area (Å²) in [5.74, 6) is 0. The van der Waals surface area contributed by atoms with Crippen LogP contribution in [0.25, 0.3) is 0 Å². The molecule has 1 saturated heterocycles. The Morgan fingerprint density at radius 3 is 2.88 bits per heavy atom. The predicted octanol–water partition coefficient (Wildman–Crippen LogP) is 3.16. The molecule has 1 unspecified atom stereocenters. The van der Waals surface area contributed by atoms with Gasteiger partial charge in [-0.3, -0.25) is 4.98 Å². The molecule has 2 nitrogen and oxygen atoms in total. The van der Waals surface area contributed by atoms with E-state index < -0.39 is 0 Å². The highest BCUT2D eigenvalue weighted by Crippen LogP contribution is 2.32. The van der Waals surface area contributed by atoms with E-state index in [0.717, 1.165) is 18.7 Å². The maximum absolute atomic E-state index is 4.44. The van der Waals surface area contributed by atoms with Crippen LogP contribution in [0.15, 0.2) is 18.3 Å². The summed E-state index contributed by atoms with van der Waals surface area (Å²) in [5, 5.41) is 3.74. The van der Waals surface area contributed by atoms with Crippen LogP contribution in [0.2, 0.25) is 0 Å². The fourth-order valence-corrected chi connectivity index (χ4v) is 2.65. The summed E-state index contributed by atoms with van der Waals surface area (Å²) in [6.07, 6.45) is 8.44.